The quantitative estimate of drug-likeness (QED) is 0.513. The first-order valence-corrected chi connectivity index (χ1v) is 7.24. The van der Waals surface area contributed by atoms with Crippen LogP contribution in [0.5, 0.6) is 0 Å². The molecule has 0 unspecified atom stereocenters. The number of nitrogens with zero attached hydrogens (tertiary/aromatic N) is 2. The molecule has 0 saturated carbocycles. The summed E-state index contributed by atoms with van der Waals surface area (Å²) >= 11 is 7.47. The van der Waals surface area contributed by atoms with Crippen molar-refractivity contribution in [2.45, 2.75) is 19.3 Å². The normalized spacial score (nSPS) is 11.3. The van der Waals surface area contributed by atoms with Gasteiger partial charge in [0.05, 0.1) is 17.1 Å². The van der Waals surface area contributed by atoms with E-state index in [-0.39, 0.29) is 16.3 Å². The van der Waals surface area contributed by atoms with Crippen LogP contribution in [0.1, 0.15) is 18.7 Å². The Balaban J connectivity index is 2.13. The van der Waals surface area contributed by atoms with Gasteiger partial charge in [-0.2, -0.15) is 0 Å². The number of pyridine rings is 1. The van der Waals surface area contributed by atoms with Gasteiger partial charge in [-0.1, -0.05) is 31.5 Å². The van der Waals surface area contributed by atoms with E-state index in [4.69, 9.17) is 11.6 Å². The van der Waals surface area contributed by atoms with Gasteiger partial charge in [0.2, 0.25) is 0 Å². The highest BCUT2D eigenvalue weighted by molar-refractivity contribution is 7.10. The maximum Gasteiger partial charge on any atom is 0.276 e. The van der Waals surface area contributed by atoms with Crippen LogP contribution in [0.4, 0.5) is 11.5 Å². The van der Waals surface area contributed by atoms with Crippen molar-refractivity contribution in [1.29, 1.82) is 0 Å². The number of nitrogens with one attached hydrogen (secondary N) is 1. The van der Waals surface area contributed by atoms with Crippen LogP contribution < -0.4 is 5.32 Å². The van der Waals surface area contributed by atoms with Crippen LogP contribution in [0.3, 0.4) is 0 Å². The molecule has 0 spiro atoms. The predicted octanol–water partition coefficient (Wildman–Crippen LogP) is 4.09. The summed E-state index contributed by atoms with van der Waals surface area (Å²) in [4.78, 5) is 15.6. The van der Waals surface area contributed by atoms with Crippen LogP contribution >= 0.6 is 22.9 Å². The Bertz CT molecular complexity index is 614. The van der Waals surface area contributed by atoms with Crippen molar-refractivity contribution < 1.29 is 4.92 Å². The van der Waals surface area contributed by atoms with Crippen LogP contribution in [-0.2, 0) is 5.41 Å². The molecule has 2 rings (SSSR count). The van der Waals surface area contributed by atoms with Crippen molar-refractivity contribution in [1.82, 2.24) is 4.98 Å². The van der Waals surface area contributed by atoms with Crippen LogP contribution in [0, 0.1) is 10.1 Å². The fourth-order valence-electron chi connectivity index (χ4n) is 1.74. The van der Waals surface area contributed by atoms with Crippen LogP contribution in [-0.4, -0.2) is 16.5 Å². The molecule has 0 saturated heterocycles. The molecule has 0 aliphatic heterocycles. The number of rotatable bonds is 5. The molecule has 7 heteroatoms. The minimum Gasteiger partial charge on any atom is -0.369 e. The molecule has 0 aliphatic carbocycles. The monoisotopic (exact) mass is 311 g/mol. The van der Waals surface area contributed by atoms with Crippen molar-refractivity contribution in [2.24, 2.45) is 0 Å². The van der Waals surface area contributed by atoms with E-state index in [1.165, 1.54) is 17.0 Å². The van der Waals surface area contributed by atoms with E-state index >= 15 is 0 Å². The Kier molecular flexibility index (Phi) is 4.25. The van der Waals surface area contributed by atoms with Gasteiger partial charge in [-0.15, -0.1) is 11.3 Å². The van der Waals surface area contributed by atoms with Crippen LogP contribution in [0.2, 0.25) is 5.15 Å². The van der Waals surface area contributed by atoms with Gasteiger partial charge in [-0.3, -0.25) is 10.1 Å². The third-order valence-corrected chi connectivity index (χ3v) is 4.32. The SMILES string of the molecule is CC(C)(CNc1cc([N+](=O)[O-])cc(Cl)n1)c1cccs1. The summed E-state index contributed by atoms with van der Waals surface area (Å²) in [5.41, 5.74) is -0.158. The van der Waals surface area contributed by atoms with Crippen LogP contribution in [0.25, 0.3) is 0 Å². The third kappa shape index (κ3) is 3.46. The average molecular weight is 312 g/mol. The molecule has 0 amide bonds. The van der Waals surface area contributed by atoms with Gasteiger partial charge >= 0.3 is 0 Å². The number of nitro groups is 1. The summed E-state index contributed by atoms with van der Waals surface area (Å²) in [7, 11) is 0. The number of halogens is 1. The summed E-state index contributed by atoms with van der Waals surface area (Å²) in [5.74, 6) is 0.411. The Morgan fingerprint density at radius 2 is 2.25 bits per heavy atom. The number of hydrogen-bond acceptors (Lipinski definition) is 5. The molecule has 0 fully saturated rings. The first-order chi connectivity index (χ1) is 9.38. The van der Waals surface area contributed by atoms with Gasteiger partial charge in [0.1, 0.15) is 11.0 Å². The lowest BCUT2D eigenvalue weighted by Crippen LogP contribution is -2.26. The minimum atomic E-state index is -0.483. The number of anilines is 1. The Morgan fingerprint density at radius 3 is 2.85 bits per heavy atom. The Morgan fingerprint density at radius 1 is 1.50 bits per heavy atom. The summed E-state index contributed by atoms with van der Waals surface area (Å²) in [6, 6.07) is 6.69. The highest BCUT2D eigenvalue weighted by Crippen LogP contribution is 2.28. The third-order valence-electron chi connectivity index (χ3n) is 2.89. The van der Waals surface area contributed by atoms with Gasteiger partial charge in [0.15, 0.2) is 0 Å². The lowest BCUT2D eigenvalue weighted by atomic mass is 9.91. The molecular formula is C13H14ClN3O2S. The van der Waals surface area contributed by atoms with E-state index < -0.39 is 4.92 Å². The number of aromatic nitrogens is 1. The minimum absolute atomic E-state index is 0.0681. The lowest BCUT2D eigenvalue weighted by Gasteiger charge is -2.23. The predicted molar refractivity (Wildman–Crippen MR) is 81.7 cm³/mol. The van der Waals surface area contributed by atoms with E-state index in [9.17, 15) is 10.1 Å². The van der Waals surface area contributed by atoms with Gasteiger partial charge in [0, 0.05) is 16.8 Å². The zero-order valence-corrected chi connectivity index (χ0v) is 12.7. The van der Waals surface area contributed by atoms with Gasteiger partial charge in [-0.25, -0.2) is 4.98 Å². The molecule has 2 aromatic heterocycles. The van der Waals surface area contributed by atoms with Crippen molar-refractivity contribution in [3.05, 3.63) is 49.8 Å². The fraction of sp³-hybridized carbons (Fsp3) is 0.308. The topological polar surface area (TPSA) is 68.1 Å². The second-order valence-corrected chi connectivity index (χ2v) is 6.34. The lowest BCUT2D eigenvalue weighted by molar-refractivity contribution is -0.384. The molecule has 0 radical (unpaired) electrons. The summed E-state index contributed by atoms with van der Waals surface area (Å²) in [5, 5.41) is 16.0. The van der Waals surface area contributed by atoms with E-state index in [0.717, 1.165) is 0 Å². The van der Waals surface area contributed by atoms with Crippen LogP contribution in [0.15, 0.2) is 29.6 Å². The van der Waals surface area contributed by atoms with E-state index in [1.807, 2.05) is 11.4 Å². The zero-order valence-electron chi connectivity index (χ0n) is 11.1. The second kappa shape index (κ2) is 5.76. The Labute approximate surface area is 125 Å². The van der Waals surface area contributed by atoms with Crippen molar-refractivity contribution in [2.75, 3.05) is 11.9 Å². The molecule has 0 aromatic carbocycles. The van der Waals surface area contributed by atoms with Crippen molar-refractivity contribution >= 4 is 34.4 Å². The highest BCUT2D eigenvalue weighted by Gasteiger charge is 2.22. The maximum atomic E-state index is 10.8. The average Bonchev–Trinajstić information content (AvgIpc) is 2.90. The smallest absolute Gasteiger partial charge is 0.276 e. The fourth-order valence-corrected chi connectivity index (χ4v) is 2.80. The van der Waals surface area contributed by atoms with E-state index in [0.29, 0.717) is 12.4 Å². The van der Waals surface area contributed by atoms with Crippen molar-refractivity contribution in [3.63, 3.8) is 0 Å². The summed E-state index contributed by atoms with van der Waals surface area (Å²) < 4.78 is 0. The number of thiophene rings is 1. The first-order valence-electron chi connectivity index (χ1n) is 5.98. The van der Waals surface area contributed by atoms with Gasteiger partial charge in [-0.05, 0) is 11.4 Å². The number of hydrogen-bond donors (Lipinski definition) is 1. The first kappa shape index (κ1) is 14.7. The molecule has 106 valence electrons. The van der Waals surface area contributed by atoms with Gasteiger partial charge in [0.25, 0.3) is 5.69 Å². The second-order valence-electron chi connectivity index (χ2n) is 5.01. The van der Waals surface area contributed by atoms with Gasteiger partial charge < -0.3 is 5.32 Å². The summed E-state index contributed by atoms with van der Waals surface area (Å²) in [6.07, 6.45) is 0. The zero-order chi connectivity index (χ0) is 14.8. The standard InChI is InChI=1S/C13H14ClN3O2S/c1-13(2,10-4-3-5-20-10)8-15-12-7-9(17(18)19)6-11(14)16-12/h3-7H,8H2,1-2H3,(H,15,16). The van der Waals surface area contributed by atoms with E-state index in [1.54, 1.807) is 11.3 Å². The van der Waals surface area contributed by atoms with Crippen molar-refractivity contribution in [3.8, 4) is 0 Å². The largest absolute Gasteiger partial charge is 0.369 e. The molecule has 0 bridgehead atoms. The Hall–Kier alpha value is -1.66. The molecule has 2 aromatic rings. The van der Waals surface area contributed by atoms with E-state index in [2.05, 4.69) is 30.2 Å². The molecule has 5 nitrogen and oxygen atoms in total. The molecule has 0 atom stereocenters. The molecular weight excluding hydrogens is 298 g/mol. The molecule has 0 aliphatic rings. The molecule has 20 heavy (non-hydrogen) atoms. The maximum absolute atomic E-state index is 10.8. The highest BCUT2D eigenvalue weighted by atomic mass is 35.5. The molecule has 2 heterocycles. The summed E-state index contributed by atoms with van der Waals surface area (Å²) in [6.45, 7) is 4.81. The molecule has 1 N–H and O–H groups in total.